The van der Waals surface area contributed by atoms with Gasteiger partial charge >= 0.3 is 0 Å². The van der Waals surface area contributed by atoms with Crippen LogP contribution in [-0.2, 0) is 0 Å². The van der Waals surface area contributed by atoms with Gasteiger partial charge in [-0.15, -0.1) is 0 Å². The van der Waals surface area contributed by atoms with Crippen molar-refractivity contribution < 1.29 is 9.50 Å². The van der Waals surface area contributed by atoms with E-state index in [2.05, 4.69) is 20.6 Å². The van der Waals surface area contributed by atoms with Crippen molar-refractivity contribution in [2.45, 2.75) is 27.2 Å². The molecule has 0 fully saturated rings. The molecule has 1 aromatic heterocycles. The SMILES string of the molecule is CCCNc1ncc(F)c(NCC(C)(C)CO)n1. The Bertz CT molecular complexity index is 384. The van der Waals surface area contributed by atoms with E-state index in [1.807, 2.05) is 20.8 Å². The average Bonchev–Trinajstić information content (AvgIpc) is 2.36. The number of anilines is 2. The van der Waals surface area contributed by atoms with Crippen molar-refractivity contribution in [1.82, 2.24) is 9.97 Å². The van der Waals surface area contributed by atoms with Crippen LogP contribution < -0.4 is 10.6 Å². The molecule has 0 radical (unpaired) electrons. The molecule has 102 valence electrons. The largest absolute Gasteiger partial charge is 0.396 e. The lowest BCUT2D eigenvalue weighted by atomic mass is 9.95. The number of nitrogens with zero attached hydrogens (tertiary/aromatic N) is 2. The number of aliphatic hydroxyl groups excluding tert-OH is 1. The molecule has 1 rings (SSSR count). The predicted octanol–water partition coefficient (Wildman–Crippen LogP) is 1.87. The third-order valence-corrected chi connectivity index (χ3v) is 2.44. The van der Waals surface area contributed by atoms with Gasteiger partial charge in [0, 0.05) is 25.1 Å². The minimum Gasteiger partial charge on any atom is -0.396 e. The fourth-order valence-electron chi connectivity index (χ4n) is 1.19. The Labute approximate surface area is 107 Å². The molecule has 3 N–H and O–H groups in total. The van der Waals surface area contributed by atoms with E-state index in [0.29, 0.717) is 12.5 Å². The first kappa shape index (κ1) is 14.6. The van der Waals surface area contributed by atoms with Gasteiger partial charge in [-0.1, -0.05) is 20.8 Å². The van der Waals surface area contributed by atoms with Crippen LogP contribution in [0.25, 0.3) is 0 Å². The molecule has 0 saturated heterocycles. The summed E-state index contributed by atoms with van der Waals surface area (Å²) in [6.45, 7) is 7.00. The van der Waals surface area contributed by atoms with Crippen molar-refractivity contribution in [3.8, 4) is 0 Å². The third kappa shape index (κ3) is 4.44. The van der Waals surface area contributed by atoms with E-state index in [0.717, 1.165) is 19.2 Å². The van der Waals surface area contributed by atoms with Gasteiger partial charge in [0.05, 0.1) is 6.20 Å². The molecule has 0 bridgehead atoms. The molecule has 1 aromatic rings. The number of aliphatic hydroxyl groups is 1. The quantitative estimate of drug-likeness (QED) is 0.694. The summed E-state index contributed by atoms with van der Waals surface area (Å²) < 4.78 is 13.5. The van der Waals surface area contributed by atoms with Gasteiger partial charge in [-0.25, -0.2) is 9.37 Å². The van der Waals surface area contributed by atoms with Crippen LogP contribution >= 0.6 is 0 Å². The molecule has 0 unspecified atom stereocenters. The van der Waals surface area contributed by atoms with E-state index in [9.17, 15) is 4.39 Å². The van der Waals surface area contributed by atoms with Crippen LogP contribution in [0.2, 0.25) is 0 Å². The highest BCUT2D eigenvalue weighted by atomic mass is 19.1. The molecule has 0 spiro atoms. The summed E-state index contributed by atoms with van der Waals surface area (Å²) in [7, 11) is 0. The fraction of sp³-hybridized carbons (Fsp3) is 0.667. The lowest BCUT2D eigenvalue weighted by Crippen LogP contribution is -2.27. The maximum atomic E-state index is 13.5. The average molecular weight is 256 g/mol. The van der Waals surface area contributed by atoms with E-state index in [1.165, 1.54) is 0 Å². The molecule has 6 heteroatoms. The first-order valence-electron chi connectivity index (χ1n) is 6.09. The number of hydrogen-bond donors (Lipinski definition) is 3. The number of nitrogens with one attached hydrogen (secondary N) is 2. The summed E-state index contributed by atoms with van der Waals surface area (Å²) in [6, 6.07) is 0. The second-order valence-corrected chi connectivity index (χ2v) is 4.99. The lowest BCUT2D eigenvalue weighted by molar-refractivity contribution is 0.170. The van der Waals surface area contributed by atoms with Crippen molar-refractivity contribution in [2.24, 2.45) is 5.41 Å². The van der Waals surface area contributed by atoms with E-state index in [-0.39, 0.29) is 17.8 Å². The smallest absolute Gasteiger partial charge is 0.224 e. The van der Waals surface area contributed by atoms with Crippen molar-refractivity contribution in [2.75, 3.05) is 30.3 Å². The molecule has 0 amide bonds. The summed E-state index contributed by atoms with van der Waals surface area (Å²) >= 11 is 0. The van der Waals surface area contributed by atoms with Gasteiger partial charge in [0.15, 0.2) is 11.6 Å². The zero-order chi connectivity index (χ0) is 13.6. The fourth-order valence-corrected chi connectivity index (χ4v) is 1.19. The molecule has 0 aliphatic rings. The summed E-state index contributed by atoms with van der Waals surface area (Å²) in [4.78, 5) is 7.91. The van der Waals surface area contributed by atoms with Gasteiger partial charge in [-0.2, -0.15) is 4.98 Å². The van der Waals surface area contributed by atoms with Crippen LogP contribution in [0.5, 0.6) is 0 Å². The highest BCUT2D eigenvalue weighted by Crippen LogP contribution is 2.17. The first-order chi connectivity index (χ1) is 8.48. The molecule has 1 heterocycles. The Kier molecular flexibility index (Phi) is 5.27. The second-order valence-electron chi connectivity index (χ2n) is 4.99. The Morgan fingerprint density at radius 3 is 2.72 bits per heavy atom. The van der Waals surface area contributed by atoms with Crippen LogP contribution in [0.4, 0.5) is 16.2 Å². The third-order valence-electron chi connectivity index (χ3n) is 2.44. The normalized spacial score (nSPS) is 11.4. The van der Waals surface area contributed by atoms with Gasteiger partial charge in [0.1, 0.15) is 0 Å². The highest BCUT2D eigenvalue weighted by molar-refractivity contribution is 5.41. The van der Waals surface area contributed by atoms with E-state index >= 15 is 0 Å². The lowest BCUT2D eigenvalue weighted by Gasteiger charge is -2.22. The number of rotatable bonds is 7. The molecule has 0 aromatic carbocycles. The van der Waals surface area contributed by atoms with Crippen molar-refractivity contribution in [1.29, 1.82) is 0 Å². The topological polar surface area (TPSA) is 70.1 Å². The Hall–Kier alpha value is -1.43. The Balaban J connectivity index is 2.69. The second kappa shape index (κ2) is 6.49. The van der Waals surface area contributed by atoms with Gasteiger partial charge in [0.2, 0.25) is 5.95 Å². The van der Waals surface area contributed by atoms with Crippen molar-refractivity contribution >= 4 is 11.8 Å². The molecule has 18 heavy (non-hydrogen) atoms. The van der Waals surface area contributed by atoms with Crippen LogP contribution in [0.15, 0.2) is 6.20 Å². The predicted molar refractivity (Wildman–Crippen MR) is 70.1 cm³/mol. The summed E-state index contributed by atoms with van der Waals surface area (Å²) in [5.41, 5.74) is -0.325. The molecule has 0 aliphatic heterocycles. The summed E-state index contributed by atoms with van der Waals surface area (Å²) in [5.74, 6) is 0.0680. The summed E-state index contributed by atoms with van der Waals surface area (Å²) in [5, 5.41) is 15.0. The van der Waals surface area contributed by atoms with Gasteiger partial charge in [-0.05, 0) is 6.42 Å². The van der Waals surface area contributed by atoms with Crippen LogP contribution in [0.1, 0.15) is 27.2 Å². The standard InChI is InChI=1S/C12H21FN4O/c1-4-5-14-11-15-6-9(13)10(17-11)16-7-12(2,3)8-18/h6,18H,4-5,7-8H2,1-3H3,(H2,14,15,16,17). The molecule has 0 saturated carbocycles. The first-order valence-corrected chi connectivity index (χ1v) is 6.09. The number of aromatic nitrogens is 2. The molecule has 5 nitrogen and oxygen atoms in total. The van der Waals surface area contributed by atoms with E-state index in [1.54, 1.807) is 0 Å². The van der Waals surface area contributed by atoms with Crippen LogP contribution in [-0.4, -0.2) is 34.8 Å². The molecular weight excluding hydrogens is 235 g/mol. The van der Waals surface area contributed by atoms with Gasteiger partial charge in [-0.3, -0.25) is 0 Å². The monoisotopic (exact) mass is 256 g/mol. The zero-order valence-corrected chi connectivity index (χ0v) is 11.1. The Morgan fingerprint density at radius 2 is 2.11 bits per heavy atom. The minimum atomic E-state index is -0.495. The van der Waals surface area contributed by atoms with Crippen molar-refractivity contribution in [3.63, 3.8) is 0 Å². The number of halogens is 1. The van der Waals surface area contributed by atoms with Crippen molar-refractivity contribution in [3.05, 3.63) is 12.0 Å². The highest BCUT2D eigenvalue weighted by Gasteiger charge is 2.17. The van der Waals surface area contributed by atoms with Crippen LogP contribution in [0.3, 0.4) is 0 Å². The Morgan fingerprint density at radius 1 is 1.39 bits per heavy atom. The van der Waals surface area contributed by atoms with Gasteiger partial charge < -0.3 is 15.7 Å². The molecular formula is C12H21FN4O. The van der Waals surface area contributed by atoms with Gasteiger partial charge in [0.25, 0.3) is 0 Å². The maximum absolute atomic E-state index is 13.5. The maximum Gasteiger partial charge on any atom is 0.224 e. The molecule has 0 aliphatic carbocycles. The van der Waals surface area contributed by atoms with Crippen LogP contribution in [0, 0.1) is 11.2 Å². The summed E-state index contributed by atoms with van der Waals surface area (Å²) in [6.07, 6.45) is 2.08. The van der Waals surface area contributed by atoms with E-state index < -0.39 is 5.82 Å². The molecule has 0 atom stereocenters. The van der Waals surface area contributed by atoms with E-state index in [4.69, 9.17) is 5.11 Å². The zero-order valence-electron chi connectivity index (χ0n) is 11.1. The minimum absolute atomic E-state index is 0.0215. The number of hydrogen-bond acceptors (Lipinski definition) is 5.